The summed E-state index contributed by atoms with van der Waals surface area (Å²) in [5.74, 6) is 0.434. The second kappa shape index (κ2) is 8.57. The minimum absolute atomic E-state index is 0.0427. The number of nitrogens with one attached hydrogen (secondary N) is 1. The molecule has 9 nitrogen and oxygen atoms in total. The second-order valence-corrected chi connectivity index (χ2v) is 4.76. The Hall–Kier alpha value is -3.23. The average Bonchev–Trinajstić information content (AvgIpc) is 3.12. The van der Waals surface area contributed by atoms with Crippen molar-refractivity contribution in [2.24, 2.45) is 0 Å². The molecule has 1 aromatic carbocycles. The molecular formula is C16H19N3O6. The second-order valence-electron chi connectivity index (χ2n) is 4.76. The fraction of sp³-hybridized carbons (Fsp3) is 0.312. The third-order valence-electron chi connectivity index (χ3n) is 3.22. The molecule has 0 spiro atoms. The van der Waals surface area contributed by atoms with Gasteiger partial charge in [-0.1, -0.05) is 6.07 Å². The molecule has 1 amide bonds. The molecule has 1 heterocycles. The zero-order chi connectivity index (χ0) is 18.2. The van der Waals surface area contributed by atoms with Gasteiger partial charge in [0.1, 0.15) is 12.2 Å². The van der Waals surface area contributed by atoms with Crippen LogP contribution in [0.1, 0.15) is 10.5 Å². The summed E-state index contributed by atoms with van der Waals surface area (Å²) in [7, 11) is 4.30. The van der Waals surface area contributed by atoms with Crippen LogP contribution in [0, 0.1) is 0 Å². The minimum atomic E-state index is -0.542. The summed E-state index contributed by atoms with van der Waals surface area (Å²) in [4.78, 5) is 22.9. The SMILES string of the molecule is COC(=O)CNC(=O)c1ccn(COc2c(OC)cccc2OC)n1. The number of esters is 1. The molecule has 25 heavy (non-hydrogen) atoms. The average molecular weight is 349 g/mol. The van der Waals surface area contributed by atoms with Crippen LogP contribution < -0.4 is 19.5 Å². The van der Waals surface area contributed by atoms with E-state index in [4.69, 9.17) is 14.2 Å². The van der Waals surface area contributed by atoms with E-state index in [0.29, 0.717) is 17.2 Å². The third kappa shape index (κ3) is 4.63. The van der Waals surface area contributed by atoms with Crippen LogP contribution in [0.4, 0.5) is 0 Å². The highest BCUT2D eigenvalue weighted by Crippen LogP contribution is 2.36. The predicted octanol–water partition coefficient (Wildman–Crippen LogP) is 0.840. The number of carbonyl (C=O) groups excluding carboxylic acids is 2. The molecule has 9 heteroatoms. The number of ether oxygens (including phenoxy) is 4. The summed E-state index contributed by atoms with van der Waals surface area (Å²) in [6.45, 7) is -0.182. The van der Waals surface area contributed by atoms with Gasteiger partial charge in [0.25, 0.3) is 5.91 Å². The van der Waals surface area contributed by atoms with Crippen LogP contribution in [0.3, 0.4) is 0 Å². The Balaban J connectivity index is 2.00. The molecule has 0 aliphatic carbocycles. The van der Waals surface area contributed by atoms with Crippen molar-refractivity contribution in [1.82, 2.24) is 15.1 Å². The summed E-state index contributed by atoms with van der Waals surface area (Å²) in [5.41, 5.74) is 0.152. The normalized spacial score (nSPS) is 10.0. The van der Waals surface area contributed by atoms with Crippen molar-refractivity contribution >= 4 is 11.9 Å². The number of amides is 1. The summed E-state index contributed by atoms with van der Waals surface area (Å²) in [6, 6.07) is 6.77. The monoisotopic (exact) mass is 349 g/mol. The van der Waals surface area contributed by atoms with Crippen LogP contribution >= 0.6 is 0 Å². The molecule has 0 fully saturated rings. The van der Waals surface area contributed by atoms with Crippen molar-refractivity contribution in [2.45, 2.75) is 6.73 Å². The van der Waals surface area contributed by atoms with Crippen molar-refractivity contribution < 1.29 is 28.5 Å². The summed E-state index contributed by atoms with van der Waals surface area (Å²) in [5, 5.41) is 6.49. The van der Waals surface area contributed by atoms with Gasteiger partial charge in [-0.25, -0.2) is 4.68 Å². The Morgan fingerprint density at radius 3 is 2.40 bits per heavy atom. The topological polar surface area (TPSA) is 101 Å². The van der Waals surface area contributed by atoms with Gasteiger partial charge >= 0.3 is 5.97 Å². The molecule has 0 saturated heterocycles. The number of nitrogens with zero attached hydrogens (tertiary/aromatic N) is 2. The van der Waals surface area contributed by atoms with Crippen molar-refractivity contribution in [3.63, 3.8) is 0 Å². The molecule has 0 saturated carbocycles. The quantitative estimate of drug-likeness (QED) is 0.705. The predicted molar refractivity (Wildman–Crippen MR) is 86.8 cm³/mol. The molecule has 0 unspecified atom stereocenters. The fourth-order valence-corrected chi connectivity index (χ4v) is 1.96. The van der Waals surface area contributed by atoms with E-state index in [-0.39, 0.29) is 19.0 Å². The van der Waals surface area contributed by atoms with E-state index in [9.17, 15) is 9.59 Å². The van der Waals surface area contributed by atoms with Gasteiger partial charge in [0, 0.05) is 6.20 Å². The molecular weight excluding hydrogens is 330 g/mol. The molecule has 0 bridgehead atoms. The van der Waals surface area contributed by atoms with Gasteiger partial charge in [0.15, 0.2) is 18.2 Å². The maximum absolute atomic E-state index is 11.9. The first-order valence-corrected chi connectivity index (χ1v) is 7.31. The first kappa shape index (κ1) is 18.1. The van der Waals surface area contributed by atoms with E-state index in [1.54, 1.807) is 24.4 Å². The first-order chi connectivity index (χ1) is 12.1. The Kier molecular flexibility index (Phi) is 6.21. The first-order valence-electron chi connectivity index (χ1n) is 7.31. The zero-order valence-corrected chi connectivity index (χ0v) is 14.1. The number of rotatable bonds is 8. The Morgan fingerprint density at radius 1 is 1.12 bits per heavy atom. The van der Waals surface area contributed by atoms with Gasteiger partial charge in [0.05, 0.1) is 21.3 Å². The number of aromatic nitrogens is 2. The highest BCUT2D eigenvalue weighted by atomic mass is 16.5. The molecule has 2 rings (SSSR count). The molecule has 1 N–H and O–H groups in total. The van der Waals surface area contributed by atoms with E-state index in [0.717, 1.165) is 0 Å². The van der Waals surface area contributed by atoms with Gasteiger partial charge in [-0.3, -0.25) is 9.59 Å². The smallest absolute Gasteiger partial charge is 0.325 e. The highest BCUT2D eigenvalue weighted by Gasteiger charge is 2.14. The lowest BCUT2D eigenvalue weighted by molar-refractivity contribution is -0.139. The van der Waals surface area contributed by atoms with Crippen LogP contribution in [0.15, 0.2) is 30.5 Å². The lowest BCUT2D eigenvalue weighted by atomic mass is 10.3. The van der Waals surface area contributed by atoms with Gasteiger partial charge in [0.2, 0.25) is 5.75 Å². The number of hydrogen-bond donors (Lipinski definition) is 1. The summed E-state index contributed by atoms with van der Waals surface area (Å²) >= 11 is 0. The summed E-state index contributed by atoms with van der Waals surface area (Å²) in [6.07, 6.45) is 1.58. The lowest BCUT2D eigenvalue weighted by Gasteiger charge is -2.13. The Bertz CT molecular complexity index is 721. The van der Waals surface area contributed by atoms with E-state index < -0.39 is 11.9 Å². The van der Waals surface area contributed by atoms with Crippen LogP contribution in [0.25, 0.3) is 0 Å². The molecule has 0 aliphatic rings. The largest absolute Gasteiger partial charge is 0.493 e. The van der Waals surface area contributed by atoms with Gasteiger partial charge in [-0.05, 0) is 18.2 Å². The van der Waals surface area contributed by atoms with Crippen molar-refractivity contribution in [3.05, 3.63) is 36.2 Å². The Labute approximate surface area is 144 Å². The number of hydrogen-bond acceptors (Lipinski definition) is 7. The van der Waals surface area contributed by atoms with Crippen molar-refractivity contribution in [2.75, 3.05) is 27.9 Å². The molecule has 1 aromatic heterocycles. The van der Waals surface area contributed by atoms with Gasteiger partial charge in [-0.15, -0.1) is 0 Å². The van der Waals surface area contributed by atoms with E-state index in [2.05, 4.69) is 15.2 Å². The summed E-state index contributed by atoms with van der Waals surface area (Å²) < 4.78 is 22.1. The number of para-hydroxylation sites is 1. The molecule has 0 atom stereocenters. The Morgan fingerprint density at radius 2 is 1.80 bits per heavy atom. The van der Waals surface area contributed by atoms with Crippen LogP contribution in [0.5, 0.6) is 17.2 Å². The zero-order valence-electron chi connectivity index (χ0n) is 14.1. The van der Waals surface area contributed by atoms with Crippen LogP contribution in [-0.2, 0) is 16.3 Å². The van der Waals surface area contributed by atoms with E-state index in [1.165, 1.54) is 32.1 Å². The van der Waals surface area contributed by atoms with Gasteiger partial charge < -0.3 is 24.3 Å². The number of methoxy groups -OCH3 is 3. The number of carbonyl (C=O) groups is 2. The van der Waals surface area contributed by atoms with Crippen molar-refractivity contribution in [1.29, 1.82) is 0 Å². The van der Waals surface area contributed by atoms with E-state index in [1.807, 2.05) is 0 Å². The maximum atomic E-state index is 11.9. The lowest BCUT2D eigenvalue weighted by Crippen LogP contribution is -2.30. The maximum Gasteiger partial charge on any atom is 0.325 e. The van der Waals surface area contributed by atoms with E-state index >= 15 is 0 Å². The van der Waals surface area contributed by atoms with Crippen molar-refractivity contribution in [3.8, 4) is 17.2 Å². The molecule has 0 radical (unpaired) electrons. The number of benzene rings is 1. The highest BCUT2D eigenvalue weighted by molar-refractivity contribution is 5.94. The third-order valence-corrected chi connectivity index (χ3v) is 3.22. The molecule has 134 valence electrons. The standard InChI is InChI=1S/C16H19N3O6/c1-22-12-5-4-6-13(23-2)15(12)25-10-19-8-7-11(18-19)16(21)17-9-14(20)24-3/h4-8H,9-10H2,1-3H3,(H,17,21). The fourth-order valence-electron chi connectivity index (χ4n) is 1.96. The minimum Gasteiger partial charge on any atom is -0.493 e. The molecule has 2 aromatic rings. The molecule has 0 aliphatic heterocycles. The van der Waals surface area contributed by atoms with Crippen LogP contribution in [-0.4, -0.2) is 49.5 Å². The van der Waals surface area contributed by atoms with Gasteiger partial charge in [-0.2, -0.15) is 5.10 Å². The van der Waals surface area contributed by atoms with Crippen LogP contribution in [0.2, 0.25) is 0 Å².